The van der Waals surface area contributed by atoms with Gasteiger partial charge in [-0.1, -0.05) is 119 Å². The molecule has 9 heteroatoms. The van der Waals surface area contributed by atoms with Crippen molar-refractivity contribution in [3.8, 4) is 0 Å². The Morgan fingerprint density at radius 1 is 0.660 bits per heavy atom. The molecule has 0 radical (unpaired) electrons. The van der Waals surface area contributed by atoms with Crippen LogP contribution < -0.4 is 10.6 Å². The number of benzene rings is 4. The molecule has 0 aromatic heterocycles. The third kappa shape index (κ3) is 7.88. The maximum Gasteiger partial charge on any atom is 0.228 e. The Hall–Kier alpha value is -4.15. The largest absolute Gasteiger partial charge is 0.631 e. The molecule has 4 aromatic carbocycles. The summed E-state index contributed by atoms with van der Waals surface area (Å²) in [6.45, 7) is 0. The topological polar surface area (TPSA) is 146 Å². The average molecular weight is 652 g/mol. The molecule has 0 saturated carbocycles. The number of aliphatic hydroxyl groups excluding tert-OH is 2. The average Bonchev–Trinajstić information content (AvgIpc) is 3.55. The molecule has 4 aromatic rings. The number of carbonyl (C=O) groups excluding carboxylic acids is 2. The zero-order valence-electron chi connectivity index (χ0n) is 26.1. The molecular formula is C38H41N3O5S. The van der Waals surface area contributed by atoms with Gasteiger partial charge < -0.3 is 25.4 Å². The van der Waals surface area contributed by atoms with E-state index in [4.69, 9.17) is 4.78 Å². The molecule has 0 unspecified atom stereocenters. The molecule has 0 fully saturated rings. The summed E-state index contributed by atoms with van der Waals surface area (Å²) < 4.78 is 23.3. The monoisotopic (exact) mass is 651 g/mol. The Bertz CT molecular complexity index is 1630. The number of amides is 2. The lowest BCUT2D eigenvalue weighted by Crippen LogP contribution is -2.45. The number of aliphatic hydroxyl groups is 2. The highest BCUT2D eigenvalue weighted by molar-refractivity contribution is 7.98. The molecule has 0 saturated heterocycles. The van der Waals surface area contributed by atoms with Gasteiger partial charge in [0.2, 0.25) is 11.8 Å². The van der Waals surface area contributed by atoms with E-state index < -0.39 is 46.2 Å². The van der Waals surface area contributed by atoms with Gasteiger partial charge in [-0.3, -0.25) is 9.59 Å². The first-order valence-corrected chi connectivity index (χ1v) is 18.0. The summed E-state index contributed by atoms with van der Waals surface area (Å²) in [5.74, 6) is -2.91. The van der Waals surface area contributed by atoms with Gasteiger partial charge in [0, 0.05) is 12.8 Å². The lowest BCUT2D eigenvalue weighted by molar-refractivity contribution is -0.126. The van der Waals surface area contributed by atoms with Crippen LogP contribution in [0.3, 0.4) is 0 Å². The molecule has 8 nitrogen and oxygen atoms in total. The smallest absolute Gasteiger partial charge is 0.228 e. The van der Waals surface area contributed by atoms with E-state index in [0.29, 0.717) is 12.8 Å². The first-order chi connectivity index (χ1) is 22.7. The zero-order valence-corrected chi connectivity index (χ0v) is 26.9. The van der Waals surface area contributed by atoms with Gasteiger partial charge in [0.05, 0.1) is 36.1 Å². The number of carbonyl (C=O) groups is 2. The van der Waals surface area contributed by atoms with Gasteiger partial charge in [0.15, 0.2) is 0 Å². The molecule has 0 heterocycles. The highest BCUT2D eigenvalue weighted by atomic mass is 32.3. The van der Waals surface area contributed by atoms with Crippen molar-refractivity contribution >= 4 is 21.9 Å². The maximum atomic E-state index is 14.2. The van der Waals surface area contributed by atoms with E-state index in [-0.39, 0.29) is 36.2 Å². The van der Waals surface area contributed by atoms with Gasteiger partial charge in [-0.15, -0.1) is 0 Å². The minimum Gasteiger partial charge on any atom is -0.631 e. The van der Waals surface area contributed by atoms with E-state index in [2.05, 4.69) is 10.6 Å². The van der Waals surface area contributed by atoms with Crippen LogP contribution in [0.1, 0.15) is 45.5 Å². The number of rotatable bonds is 12. The van der Waals surface area contributed by atoms with Crippen molar-refractivity contribution in [3.63, 3.8) is 0 Å². The number of hydrogen-bond donors (Lipinski definition) is 5. The fourth-order valence-electron chi connectivity index (χ4n) is 7.01. The minimum absolute atomic E-state index is 0.244. The molecule has 2 aliphatic rings. The van der Waals surface area contributed by atoms with Crippen LogP contribution in [-0.4, -0.2) is 50.3 Å². The van der Waals surface area contributed by atoms with E-state index in [9.17, 15) is 24.4 Å². The van der Waals surface area contributed by atoms with Crippen LogP contribution in [0.5, 0.6) is 0 Å². The second-order valence-electron chi connectivity index (χ2n) is 12.8. The number of fused-ring (bicyclic) bond motifs is 2. The first kappa shape index (κ1) is 32.8. The third-order valence-electron chi connectivity index (χ3n) is 9.34. The van der Waals surface area contributed by atoms with Gasteiger partial charge in [-0.2, -0.15) is 4.78 Å². The van der Waals surface area contributed by atoms with Crippen LogP contribution >= 0.6 is 0 Å². The normalized spacial score (nSPS) is 21.3. The Balaban J connectivity index is 1.22. The Labute approximate surface area is 277 Å². The molecule has 2 aliphatic carbocycles. The molecule has 6 rings (SSSR count). The number of hydrogen-bond acceptors (Lipinski definition) is 6. The van der Waals surface area contributed by atoms with E-state index >= 15 is 0 Å². The summed E-state index contributed by atoms with van der Waals surface area (Å²) in [7, 11) is -3.47. The van der Waals surface area contributed by atoms with Crippen molar-refractivity contribution in [2.75, 3.05) is 11.5 Å². The maximum absolute atomic E-state index is 14.2. The highest BCUT2D eigenvalue weighted by Crippen LogP contribution is 2.33. The molecule has 5 N–H and O–H groups in total. The highest BCUT2D eigenvalue weighted by Gasteiger charge is 2.38. The fourth-order valence-corrected chi connectivity index (χ4v) is 8.98. The van der Waals surface area contributed by atoms with Crippen molar-refractivity contribution in [2.45, 2.75) is 50.0 Å². The Morgan fingerprint density at radius 2 is 1.02 bits per heavy atom. The van der Waals surface area contributed by atoms with Crippen molar-refractivity contribution in [1.29, 1.82) is 4.78 Å². The molecule has 2 amide bonds. The van der Waals surface area contributed by atoms with Gasteiger partial charge in [-0.25, -0.2) is 0 Å². The molecule has 6 atom stereocenters. The summed E-state index contributed by atoms with van der Waals surface area (Å²) in [4.78, 5) is 27.8. The predicted molar refractivity (Wildman–Crippen MR) is 182 cm³/mol. The summed E-state index contributed by atoms with van der Waals surface area (Å²) in [5.41, 5.74) is 5.38. The quantitative estimate of drug-likeness (QED) is 0.145. The Morgan fingerprint density at radius 3 is 1.43 bits per heavy atom. The lowest BCUT2D eigenvalue weighted by atomic mass is 9.98. The zero-order chi connectivity index (χ0) is 33.0. The molecule has 47 heavy (non-hydrogen) atoms. The Kier molecular flexibility index (Phi) is 9.98. The van der Waals surface area contributed by atoms with Crippen LogP contribution in [0.25, 0.3) is 0 Å². The summed E-state index contributed by atoms with van der Waals surface area (Å²) in [6.07, 6.45) is -0.207. The molecular weight excluding hydrogens is 611 g/mol. The standard InChI is InChI=1S/C38H41N3O5S/c39-47(46,23-29(19-25-11-3-1-4-12-25)37(44)40-35-31-17-9-7-15-27(31)21-33(35)42)24-30(20-26-13-5-2-6-14-26)38(45)41-36-32-18-10-8-16-28(32)22-34(36)43/h1-18,29-30,33-36,42-43H,19-24H2,(H3-,39,40,41,44,45,46)/t29-,30-,33-,34-,35+,36+/m0/s1. The SMILES string of the molecule is N=[S+]([O-])(C[C@H](Cc1ccccc1)C(=O)N[C@@H]1c2ccccc2C[C@@H]1O)C[C@H](Cc1ccccc1)C(=O)N[C@@H]1c2ccccc2C[C@@H]1O. The minimum atomic E-state index is -3.47. The summed E-state index contributed by atoms with van der Waals surface area (Å²) in [5, 5.41) is 27.6. The van der Waals surface area contributed by atoms with Crippen LogP contribution in [0, 0.1) is 16.6 Å². The van der Waals surface area contributed by atoms with Crippen LogP contribution in [0.15, 0.2) is 109 Å². The van der Waals surface area contributed by atoms with Gasteiger partial charge in [0.1, 0.15) is 11.5 Å². The first-order valence-electron chi connectivity index (χ1n) is 16.1. The summed E-state index contributed by atoms with van der Waals surface area (Å²) >= 11 is 0. The summed E-state index contributed by atoms with van der Waals surface area (Å²) in [6, 6.07) is 32.8. The lowest BCUT2D eigenvalue weighted by Gasteiger charge is -2.30. The third-order valence-corrected chi connectivity index (χ3v) is 11.2. The van der Waals surface area contributed by atoms with Gasteiger partial charge >= 0.3 is 0 Å². The molecule has 0 aliphatic heterocycles. The van der Waals surface area contributed by atoms with Gasteiger partial charge in [0.25, 0.3) is 0 Å². The van der Waals surface area contributed by atoms with Crippen molar-refractivity contribution in [2.24, 2.45) is 11.8 Å². The predicted octanol–water partition coefficient (Wildman–Crippen LogP) is 4.30. The molecule has 244 valence electrons. The van der Waals surface area contributed by atoms with Crippen molar-refractivity contribution in [1.82, 2.24) is 10.6 Å². The van der Waals surface area contributed by atoms with E-state index in [1.807, 2.05) is 109 Å². The second-order valence-corrected chi connectivity index (χ2v) is 15.1. The molecule has 0 spiro atoms. The van der Waals surface area contributed by atoms with E-state index in [1.165, 1.54) is 0 Å². The van der Waals surface area contributed by atoms with Crippen LogP contribution in [0.2, 0.25) is 0 Å². The number of nitrogens with one attached hydrogen (secondary N) is 3. The van der Waals surface area contributed by atoms with Crippen molar-refractivity contribution in [3.05, 3.63) is 143 Å². The fraction of sp³-hybridized carbons (Fsp3) is 0.316. The molecule has 0 bridgehead atoms. The van der Waals surface area contributed by atoms with Crippen LogP contribution in [-0.2, 0) is 45.4 Å². The van der Waals surface area contributed by atoms with Gasteiger partial charge in [-0.05, 0) is 46.2 Å². The van der Waals surface area contributed by atoms with Crippen LogP contribution in [0.4, 0.5) is 0 Å². The van der Waals surface area contributed by atoms with E-state index in [0.717, 1.165) is 33.4 Å². The van der Waals surface area contributed by atoms with Crippen molar-refractivity contribution < 1.29 is 24.4 Å². The van der Waals surface area contributed by atoms with E-state index in [1.54, 1.807) is 0 Å². The second kappa shape index (κ2) is 14.3.